The molecule has 2 atom stereocenters. The van der Waals surface area contributed by atoms with E-state index >= 15 is 0 Å². The standard InChI is InChI=1S/C9H10FNO4/c10-6-3-4(12)1-2-5(6)7(13)8(14)9(11)15/h1-3,7-8,12-14H,(H2,11,15). The molecule has 0 aliphatic rings. The molecule has 82 valence electrons. The normalized spacial score (nSPS) is 14.6. The third-order valence-corrected chi connectivity index (χ3v) is 1.89. The van der Waals surface area contributed by atoms with Gasteiger partial charge in [-0.15, -0.1) is 0 Å². The number of phenols is 1. The zero-order valence-electron chi connectivity index (χ0n) is 7.59. The second-order valence-electron chi connectivity index (χ2n) is 3.00. The lowest BCUT2D eigenvalue weighted by Gasteiger charge is -2.15. The van der Waals surface area contributed by atoms with Crippen molar-refractivity contribution in [2.75, 3.05) is 0 Å². The fourth-order valence-corrected chi connectivity index (χ4v) is 1.08. The van der Waals surface area contributed by atoms with Gasteiger partial charge in [0.15, 0.2) is 6.10 Å². The second kappa shape index (κ2) is 4.24. The Morgan fingerprint density at radius 1 is 1.40 bits per heavy atom. The van der Waals surface area contributed by atoms with Crippen LogP contribution in [0.15, 0.2) is 18.2 Å². The lowest BCUT2D eigenvalue weighted by atomic mass is 10.0. The molecule has 1 amide bonds. The van der Waals surface area contributed by atoms with E-state index in [1.165, 1.54) is 0 Å². The smallest absolute Gasteiger partial charge is 0.249 e. The molecular weight excluding hydrogens is 205 g/mol. The number of benzene rings is 1. The molecule has 1 aromatic rings. The van der Waals surface area contributed by atoms with Crippen molar-refractivity contribution >= 4 is 5.91 Å². The molecule has 0 heterocycles. The molecule has 0 aliphatic carbocycles. The fourth-order valence-electron chi connectivity index (χ4n) is 1.08. The first kappa shape index (κ1) is 11.4. The predicted octanol–water partition coefficient (Wildman–Crippen LogP) is -0.589. The molecule has 2 unspecified atom stereocenters. The van der Waals surface area contributed by atoms with Crippen molar-refractivity contribution in [2.24, 2.45) is 5.73 Å². The minimum absolute atomic E-state index is 0.306. The van der Waals surface area contributed by atoms with Crippen LogP contribution >= 0.6 is 0 Å². The van der Waals surface area contributed by atoms with Gasteiger partial charge in [0.05, 0.1) is 0 Å². The SMILES string of the molecule is NC(=O)C(O)C(O)c1ccc(O)cc1F. The maximum atomic E-state index is 13.1. The van der Waals surface area contributed by atoms with Crippen LogP contribution in [0.25, 0.3) is 0 Å². The zero-order valence-corrected chi connectivity index (χ0v) is 7.59. The summed E-state index contributed by atoms with van der Waals surface area (Å²) in [5, 5.41) is 27.3. The zero-order chi connectivity index (χ0) is 11.6. The van der Waals surface area contributed by atoms with Gasteiger partial charge < -0.3 is 21.1 Å². The van der Waals surface area contributed by atoms with Crippen LogP contribution in [0.4, 0.5) is 4.39 Å². The molecule has 5 N–H and O–H groups in total. The number of aliphatic hydroxyl groups is 2. The van der Waals surface area contributed by atoms with E-state index < -0.39 is 23.9 Å². The summed E-state index contributed by atoms with van der Waals surface area (Å²) in [6.07, 6.45) is -3.63. The molecule has 6 heteroatoms. The first-order valence-corrected chi connectivity index (χ1v) is 4.07. The van der Waals surface area contributed by atoms with E-state index in [-0.39, 0.29) is 11.3 Å². The monoisotopic (exact) mass is 215 g/mol. The maximum Gasteiger partial charge on any atom is 0.249 e. The number of halogens is 1. The van der Waals surface area contributed by atoms with Crippen LogP contribution in [-0.4, -0.2) is 27.3 Å². The number of rotatable bonds is 3. The summed E-state index contributed by atoms with van der Waals surface area (Å²) in [6.45, 7) is 0. The molecule has 5 nitrogen and oxygen atoms in total. The summed E-state index contributed by atoms with van der Waals surface area (Å²) in [4.78, 5) is 10.5. The lowest BCUT2D eigenvalue weighted by Crippen LogP contribution is -2.34. The molecule has 0 saturated heterocycles. The van der Waals surface area contributed by atoms with Gasteiger partial charge in [0.2, 0.25) is 5.91 Å². The van der Waals surface area contributed by atoms with Crippen LogP contribution in [-0.2, 0) is 4.79 Å². The highest BCUT2D eigenvalue weighted by atomic mass is 19.1. The quantitative estimate of drug-likeness (QED) is 0.541. The van der Waals surface area contributed by atoms with E-state index in [0.717, 1.165) is 18.2 Å². The molecular formula is C9H10FNO4. The largest absolute Gasteiger partial charge is 0.508 e. The number of carbonyl (C=O) groups is 1. The summed E-state index contributed by atoms with van der Waals surface area (Å²) >= 11 is 0. The van der Waals surface area contributed by atoms with Gasteiger partial charge in [-0.2, -0.15) is 0 Å². The van der Waals surface area contributed by atoms with Gasteiger partial charge in [-0.25, -0.2) is 4.39 Å². The Hall–Kier alpha value is -1.66. The molecule has 1 aromatic carbocycles. The van der Waals surface area contributed by atoms with E-state index in [1.807, 2.05) is 0 Å². The highest BCUT2D eigenvalue weighted by Gasteiger charge is 2.25. The van der Waals surface area contributed by atoms with E-state index in [0.29, 0.717) is 0 Å². The topological polar surface area (TPSA) is 104 Å². The number of amides is 1. The number of aromatic hydroxyl groups is 1. The number of nitrogens with two attached hydrogens (primary N) is 1. The van der Waals surface area contributed by atoms with E-state index in [1.54, 1.807) is 0 Å². The second-order valence-corrected chi connectivity index (χ2v) is 3.00. The Kier molecular flexibility index (Phi) is 3.23. The fraction of sp³-hybridized carbons (Fsp3) is 0.222. The number of aliphatic hydroxyl groups excluding tert-OH is 2. The molecule has 0 fully saturated rings. The van der Waals surface area contributed by atoms with Crippen LogP contribution in [0.2, 0.25) is 0 Å². The van der Waals surface area contributed by atoms with Gasteiger partial charge in [-0.05, 0) is 12.1 Å². The molecule has 1 rings (SSSR count). The van der Waals surface area contributed by atoms with Crippen molar-refractivity contribution in [2.45, 2.75) is 12.2 Å². The lowest BCUT2D eigenvalue weighted by molar-refractivity contribution is -0.132. The molecule has 0 radical (unpaired) electrons. The minimum atomic E-state index is -1.89. The van der Waals surface area contributed by atoms with Crippen molar-refractivity contribution in [3.63, 3.8) is 0 Å². The Morgan fingerprint density at radius 2 is 2.00 bits per heavy atom. The predicted molar refractivity (Wildman–Crippen MR) is 48.2 cm³/mol. The number of hydrogen-bond acceptors (Lipinski definition) is 4. The summed E-state index contributed by atoms with van der Waals surface area (Å²) in [7, 11) is 0. The summed E-state index contributed by atoms with van der Waals surface area (Å²) in [6, 6.07) is 2.93. The van der Waals surface area contributed by atoms with Gasteiger partial charge in [-0.1, -0.05) is 0 Å². The van der Waals surface area contributed by atoms with Gasteiger partial charge in [-0.3, -0.25) is 4.79 Å². The van der Waals surface area contributed by atoms with Gasteiger partial charge in [0, 0.05) is 11.6 Å². The summed E-state index contributed by atoms with van der Waals surface area (Å²) < 4.78 is 13.1. The Bertz CT molecular complexity index is 382. The molecule has 0 aliphatic heterocycles. The van der Waals surface area contributed by atoms with Gasteiger partial charge >= 0.3 is 0 Å². The summed E-state index contributed by atoms with van der Waals surface area (Å²) in [5.41, 5.74) is 4.43. The highest BCUT2D eigenvalue weighted by Crippen LogP contribution is 2.23. The third kappa shape index (κ3) is 2.42. The Labute approximate surface area is 84.6 Å². The van der Waals surface area contributed by atoms with Crippen molar-refractivity contribution < 1.29 is 24.5 Å². The maximum absolute atomic E-state index is 13.1. The number of primary amides is 1. The van der Waals surface area contributed by atoms with Crippen LogP contribution in [0.1, 0.15) is 11.7 Å². The van der Waals surface area contributed by atoms with E-state index in [2.05, 4.69) is 0 Å². The first-order valence-electron chi connectivity index (χ1n) is 4.07. The first-order chi connectivity index (χ1) is 6.93. The molecule has 15 heavy (non-hydrogen) atoms. The molecule has 0 aromatic heterocycles. The molecule has 0 spiro atoms. The number of carbonyl (C=O) groups excluding carboxylic acids is 1. The van der Waals surface area contributed by atoms with Gasteiger partial charge in [0.1, 0.15) is 17.7 Å². The van der Waals surface area contributed by atoms with Crippen LogP contribution in [0.5, 0.6) is 5.75 Å². The van der Waals surface area contributed by atoms with Crippen molar-refractivity contribution in [3.05, 3.63) is 29.6 Å². The van der Waals surface area contributed by atoms with Crippen molar-refractivity contribution in [3.8, 4) is 5.75 Å². The third-order valence-electron chi connectivity index (χ3n) is 1.89. The molecule has 0 saturated carbocycles. The van der Waals surface area contributed by atoms with Crippen LogP contribution in [0, 0.1) is 5.82 Å². The average molecular weight is 215 g/mol. The van der Waals surface area contributed by atoms with Gasteiger partial charge in [0.25, 0.3) is 0 Å². The Balaban J connectivity index is 3.01. The molecule has 0 bridgehead atoms. The number of phenolic OH excluding ortho intramolecular Hbond substituents is 1. The van der Waals surface area contributed by atoms with Crippen LogP contribution in [0.3, 0.4) is 0 Å². The summed E-state index contributed by atoms with van der Waals surface area (Å²) in [5.74, 6) is -2.41. The number of hydrogen-bond donors (Lipinski definition) is 4. The minimum Gasteiger partial charge on any atom is -0.508 e. The average Bonchev–Trinajstić information content (AvgIpc) is 2.15. The Morgan fingerprint density at radius 3 is 2.47 bits per heavy atom. The van der Waals surface area contributed by atoms with Crippen LogP contribution < -0.4 is 5.73 Å². The van der Waals surface area contributed by atoms with E-state index in [9.17, 15) is 14.3 Å². The highest BCUT2D eigenvalue weighted by molar-refractivity contribution is 5.79. The van der Waals surface area contributed by atoms with Crippen molar-refractivity contribution in [1.82, 2.24) is 0 Å². The van der Waals surface area contributed by atoms with Crippen molar-refractivity contribution in [1.29, 1.82) is 0 Å². The van der Waals surface area contributed by atoms with E-state index in [4.69, 9.17) is 15.9 Å².